The normalized spacial score (nSPS) is 23.1. The summed E-state index contributed by atoms with van der Waals surface area (Å²) in [6.45, 7) is 2.67. The fourth-order valence-corrected chi connectivity index (χ4v) is 2.45. The van der Waals surface area contributed by atoms with E-state index in [1.807, 2.05) is 6.92 Å². The molecule has 1 aliphatic rings. The molecule has 0 bridgehead atoms. The summed E-state index contributed by atoms with van der Waals surface area (Å²) in [5.74, 6) is -1.83. The molecule has 1 saturated heterocycles. The summed E-state index contributed by atoms with van der Waals surface area (Å²) in [4.78, 5) is 11.9. The Kier molecular flexibility index (Phi) is 3.97. The molecule has 2 rings (SSSR count). The highest BCUT2D eigenvalue weighted by molar-refractivity contribution is 9.10. The number of amides is 1. The Hall–Kier alpha value is -1.01. The largest absolute Gasteiger partial charge is 0.320 e. The fourth-order valence-electron chi connectivity index (χ4n) is 2.05. The van der Waals surface area contributed by atoms with Crippen LogP contribution in [0.15, 0.2) is 16.6 Å². The van der Waals surface area contributed by atoms with Crippen molar-refractivity contribution in [2.45, 2.75) is 19.4 Å². The molecule has 0 radical (unpaired) electrons. The van der Waals surface area contributed by atoms with Crippen LogP contribution in [0.1, 0.15) is 13.3 Å². The predicted octanol–water partition coefficient (Wildman–Crippen LogP) is 2.66. The lowest BCUT2D eigenvalue weighted by molar-refractivity contribution is -0.118. The summed E-state index contributed by atoms with van der Waals surface area (Å²) in [5, 5.41) is 5.32. The van der Waals surface area contributed by atoms with Crippen molar-refractivity contribution in [3.05, 3.63) is 28.2 Å². The van der Waals surface area contributed by atoms with E-state index in [0.717, 1.165) is 25.1 Å². The maximum Gasteiger partial charge on any atom is 0.241 e. The average Bonchev–Trinajstić information content (AvgIpc) is 2.69. The Balaban J connectivity index is 2.17. The highest BCUT2D eigenvalue weighted by Gasteiger charge is 2.30. The van der Waals surface area contributed by atoms with Gasteiger partial charge < -0.3 is 10.6 Å². The zero-order valence-electron chi connectivity index (χ0n) is 9.77. The first-order valence-electron chi connectivity index (χ1n) is 5.68. The Morgan fingerprint density at radius 3 is 2.56 bits per heavy atom. The van der Waals surface area contributed by atoms with Crippen LogP contribution in [0.4, 0.5) is 14.5 Å². The van der Waals surface area contributed by atoms with Gasteiger partial charge in [-0.15, -0.1) is 0 Å². The lowest BCUT2D eigenvalue weighted by Crippen LogP contribution is -2.39. The summed E-state index contributed by atoms with van der Waals surface area (Å²) in [5.41, 5.74) is -0.399. The van der Waals surface area contributed by atoms with Crippen molar-refractivity contribution in [1.29, 1.82) is 0 Å². The number of hydrogen-bond acceptors (Lipinski definition) is 2. The molecule has 0 spiro atoms. The summed E-state index contributed by atoms with van der Waals surface area (Å²) < 4.78 is 27.4. The molecule has 2 atom stereocenters. The van der Waals surface area contributed by atoms with Gasteiger partial charge in [-0.1, -0.05) is 22.9 Å². The molecule has 98 valence electrons. The lowest BCUT2D eigenvalue weighted by Gasteiger charge is -2.16. The minimum absolute atomic E-state index is 0.159. The van der Waals surface area contributed by atoms with Crippen molar-refractivity contribution < 1.29 is 13.6 Å². The lowest BCUT2D eigenvalue weighted by atomic mass is 10.0. The fraction of sp³-hybridized carbons (Fsp3) is 0.417. The monoisotopic (exact) mass is 318 g/mol. The van der Waals surface area contributed by atoms with Crippen molar-refractivity contribution in [1.82, 2.24) is 5.32 Å². The van der Waals surface area contributed by atoms with Gasteiger partial charge in [-0.2, -0.15) is 0 Å². The summed E-state index contributed by atoms with van der Waals surface area (Å²) in [6.07, 6.45) is 0.878. The first kappa shape index (κ1) is 13.4. The van der Waals surface area contributed by atoms with Gasteiger partial charge >= 0.3 is 0 Å². The molecule has 1 aromatic carbocycles. The Bertz CT molecular complexity index is 458. The van der Waals surface area contributed by atoms with Crippen LogP contribution in [0.3, 0.4) is 0 Å². The molecule has 0 saturated carbocycles. The molecule has 1 heterocycles. The quantitative estimate of drug-likeness (QED) is 0.880. The van der Waals surface area contributed by atoms with E-state index >= 15 is 0 Å². The van der Waals surface area contributed by atoms with E-state index in [1.54, 1.807) is 0 Å². The number of rotatable bonds is 2. The maximum atomic E-state index is 13.6. The molecule has 2 N–H and O–H groups in total. The zero-order valence-corrected chi connectivity index (χ0v) is 11.4. The highest BCUT2D eigenvalue weighted by atomic mass is 79.9. The Morgan fingerprint density at radius 2 is 2.06 bits per heavy atom. The van der Waals surface area contributed by atoms with Gasteiger partial charge in [0.25, 0.3) is 0 Å². The first-order chi connectivity index (χ1) is 8.49. The first-order valence-corrected chi connectivity index (χ1v) is 6.47. The van der Waals surface area contributed by atoms with E-state index in [-0.39, 0.29) is 5.92 Å². The van der Waals surface area contributed by atoms with Crippen molar-refractivity contribution >= 4 is 27.5 Å². The van der Waals surface area contributed by atoms with Gasteiger partial charge in [-0.25, -0.2) is 8.78 Å². The summed E-state index contributed by atoms with van der Waals surface area (Å²) in [6, 6.07) is 1.83. The van der Waals surface area contributed by atoms with Gasteiger partial charge in [0, 0.05) is 4.47 Å². The van der Waals surface area contributed by atoms with Gasteiger partial charge in [0.1, 0.15) is 5.69 Å². The number of halogens is 3. The molecule has 1 fully saturated rings. The van der Waals surface area contributed by atoms with Gasteiger partial charge in [0.05, 0.1) is 6.04 Å². The van der Waals surface area contributed by atoms with E-state index in [1.165, 1.54) is 0 Å². The van der Waals surface area contributed by atoms with Crippen LogP contribution in [0, 0.1) is 17.6 Å². The summed E-state index contributed by atoms with van der Waals surface area (Å²) >= 11 is 2.98. The second-order valence-corrected chi connectivity index (χ2v) is 5.35. The van der Waals surface area contributed by atoms with Gasteiger partial charge in [-0.3, -0.25) is 4.79 Å². The number of carbonyl (C=O) groups excluding carboxylic acids is 1. The zero-order chi connectivity index (χ0) is 13.3. The molecule has 18 heavy (non-hydrogen) atoms. The molecule has 2 unspecified atom stereocenters. The molecule has 0 aromatic heterocycles. The molecular weight excluding hydrogens is 306 g/mol. The van der Waals surface area contributed by atoms with E-state index in [9.17, 15) is 13.6 Å². The van der Waals surface area contributed by atoms with Crippen LogP contribution in [0.25, 0.3) is 0 Å². The number of carbonyl (C=O) groups is 1. The maximum absolute atomic E-state index is 13.6. The van der Waals surface area contributed by atoms with Crippen LogP contribution < -0.4 is 10.6 Å². The highest BCUT2D eigenvalue weighted by Crippen LogP contribution is 2.25. The molecule has 1 amide bonds. The van der Waals surface area contributed by atoms with Crippen LogP contribution >= 0.6 is 15.9 Å². The minimum Gasteiger partial charge on any atom is -0.320 e. The number of anilines is 1. The van der Waals surface area contributed by atoms with Crippen LogP contribution in [0.5, 0.6) is 0 Å². The van der Waals surface area contributed by atoms with E-state index in [4.69, 9.17) is 0 Å². The van der Waals surface area contributed by atoms with Crippen LogP contribution in [-0.2, 0) is 4.79 Å². The third-order valence-electron chi connectivity index (χ3n) is 3.07. The molecule has 1 aromatic rings. The third-order valence-corrected chi connectivity index (χ3v) is 3.53. The van der Waals surface area contributed by atoms with Gasteiger partial charge in [0.15, 0.2) is 11.6 Å². The van der Waals surface area contributed by atoms with E-state index in [2.05, 4.69) is 26.6 Å². The van der Waals surface area contributed by atoms with Crippen molar-refractivity contribution in [2.24, 2.45) is 5.92 Å². The van der Waals surface area contributed by atoms with Crippen molar-refractivity contribution in [3.63, 3.8) is 0 Å². The number of hydrogen-bond donors (Lipinski definition) is 2. The third kappa shape index (κ3) is 2.70. The van der Waals surface area contributed by atoms with Gasteiger partial charge in [0.2, 0.25) is 5.91 Å². The molecular formula is C12H13BrF2N2O. The Morgan fingerprint density at radius 1 is 1.44 bits per heavy atom. The smallest absolute Gasteiger partial charge is 0.241 e. The second kappa shape index (κ2) is 5.32. The van der Waals surface area contributed by atoms with Crippen LogP contribution in [-0.4, -0.2) is 18.5 Å². The van der Waals surface area contributed by atoms with Crippen LogP contribution in [0.2, 0.25) is 0 Å². The van der Waals surface area contributed by atoms with Gasteiger partial charge in [-0.05, 0) is 31.0 Å². The minimum atomic E-state index is -0.791. The number of nitrogens with one attached hydrogen (secondary N) is 2. The number of benzene rings is 1. The average molecular weight is 319 g/mol. The summed E-state index contributed by atoms with van der Waals surface area (Å²) in [7, 11) is 0. The Labute approximate surface area is 112 Å². The molecule has 0 aliphatic carbocycles. The standard InChI is InChI=1S/C12H13BrF2N2O/c1-6-2-3-16-10(6)12(18)17-11-8(14)4-7(13)5-9(11)15/h4-6,10,16H,2-3H2,1H3,(H,17,18). The topological polar surface area (TPSA) is 41.1 Å². The SMILES string of the molecule is CC1CCNC1C(=O)Nc1c(F)cc(Br)cc1F. The molecule has 1 aliphatic heterocycles. The molecule has 3 nitrogen and oxygen atoms in total. The van der Waals surface area contributed by atoms with E-state index < -0.39 is 29.3 Å². The second-order valence-electron chi connectivity index (χ2n) is 4.43. The van der Waals surface area contributed by atoms with E-state index in [0.29, 0.717) is 4.47 Å². The van der Waals surface area contributed by atoms with Crippen molar-refractivity contribution in [2.75, 3.05) is 11.9 Å². The molecule has 6 heteroatoms. The van der Waals surface area contributed by atoms with Crippen molar-refractivity contribution in [3.8, 4) is 0 Å². The predicted molar refractivity (Wildman–Crippen MR) is 68.3 cm³/mol.